The van der Waals surface area contributed by atoms with E-state index in [1.807, 2.05) is 0 Å². The van der Waals surface area contributed by atoms with Crippen molar-refractivity contribution < 1.29 is 136 Å². The molecule has 0 atom stereocenters. The molecule has 1 aromatic heterocycles. The maximum Gasteiger partial charge on any atom is 1.00 e. The Hall–Kier alpha value is -1.90. The van der Waals surface area contributed by atoms with Crippen LogP contribution in [0.2, 0.25) is 5.02 Å². The molecule has 0 saturated carbocycles. The maximum absolute atomic E-state index is 13.8. The summed E-state index contributed by atoms with van der Waals surface area (Å²) < 4.78 is 135. The molecule has 51 heavy (non-hydrogen) atoms. The second-order valence-electron chi connectivity index (χ2n) is 9.51. The molecule has 0 saturated heterocycles. The average Bonchev–Trinajstić information content (AvgIpc) is 2.97. The standard InChI is InChI=1S/C26H18ClF2N7O9S3.3Na/c27-22-24(28)33-26(29)34-25(22)32-13-5-8-20(47(40,41)42)17(10-13)31-12-4-9-21(48(43,44)45)18(11-12)35-36-23-15-2-1-3-19(46(37,38)39)14(15)6-7-16(23)30;;;/h1-11,31H,30H2,(H,32,33,34)(H,37,38,39)(H,40,41,42)(H,43,44,45);;;/q;3*+1/p-3. The number of nitrogen functional groups attached to an aromatic ring is 1. The first-order valence-electron chi connectivity index (χ1n) is 12.6. The molecule has 0 aliphatic heterocycles. The molecule has 16 nitrogen and oxygen atoms in total. The van der Waals surface area contributed by atoms with Crippen LogP contribution in [-0.2, 0) is 30.4 Å². The van der Waals surface area contributed by atoms with Crippen molar-refractivity contribution in [1.29, 1.82) is 0 Å². The summed E-state index contributed by atoms with van der Waals surface area (Å²) in [5.74, 6) is -1.95. The Morgan fingerprint density at radius 2 is 1.27 bits per heavy atom. The summed E-state index contributed by atoms with van der Waals surface area (Å²) in [4.78, 5) is 3.83. The van der Waals surface area contributed by atoms with Gasteiger partial charge >= 0.3 is 94.8 Å². The van der Waals surface area contributed by atoms with E-state index >= 15 is 0 Å². The van der Waals surface area contributed by atoms with Crippen LogP contribution in [0.25, 0.3) is 10.8 Å². The van der Waals surface area contributed by atoms with E-state index < -0.39 is 79.3 Å². The zero-order valence-corrected chi connectivity index (χ0v) is 35.5. The molecule has 1 heterocycles. The Kier molecular flexibility index (Phi) is 15.5. The topological polar surface area (TPSA) is 272 Å². The summed E-state index contributed by atoms with van der Waals surface area (Å²) in [6.07, 6.45) is -1.48. The third-order valence-corrected chi connectivity index (χ3v) is 9.36. The fourth-order valence-electron chi connectivity index (χ4n) is 4.34. The Bertz CT molecular complexity index is 2520. The zero-order valence-electron chi connectivity index (χ0n) is 26.2. The van der Waals surface area contributed by atoms with Gasteiger partial charge in [0.2, 0.25) is 5.95 Å². The first kappa shape index (κ1) is 45.3. The average molecular weight is 808 g/mol. The quantitative estimate of drug-likeness (QED) is 0.0318. The van der Waals surface area contributed by atoms with E-state index in [1.54, 1.807) is 0 Å². The van der Waals surface area contributed by atoms with E-state index in [2.05, 4.69) is 30.8 Å². The molecular formula is C26H15ClF2N7Na3O9S3. The third kappa shape index (κ3) is 10.6. The molecule has 0 spiro atoms. The Morgan fingerprint density at radius 3 is 1.88 bits per heavy atom. The van der Waals surface area contributed by atoms with Gasteiger partial charge < -0.3 is 30.0 Å². The number of hydrogen-bond acceptors (Lipinski definition) is 16. The van der Waals surface area contributed by atoms with Gasteiger partial charge in [0.15, 0.2) is 5.82 Å². The summed E-state index contributed by atoms with van der Waals surface area (Å²) in [5, 5.41) is 12.0. The van der Waals surface area contributed by atoms with E-state index in [1.165, 1.54) is 24.3 Å². The molecule has 0 amide bonds. The number of anilines is 5. The van der Waals surface area contributed by atoms with Crippen molar-refractivity contribution in [2.45, 2.75) is 14.7 Å². The summed E-state index contributed by atoms with van der Waals surface area (Å²) in [6, 6.07) is 11.8. The normalized spacial score (nSPS) is 11.7. The van der Waals surface area contributed by atoms with Crippen LogP contribution in [0.1, 0.15) is 0 Å². The van der Waals surface area contributed by atoms with Gasteiger partial charge in [-0.1, -0.05) is 29.8 Å². The number of hydrogen-bond donors (Lipinski definition) is 3. The number of nitrogens with two attached hydrogens (primary N) is 1. The van der Waals surface area contributed by atoms with E-state index in [4.69, 9.17) is 17.3 Å². The fraction of sp³-hybridized carbons (Fsp3) is 0. The van der Waals surface area contributed by atoms with Gasteiger partial charge in [-0.3, -0.25) is 0 Å². The number of nitrogens with one attached hydrogen (secondary N) is 2. The molecule has 5 rings (SSSR count). The largest absolute Gasteiger partial charge is 1.00 e. The van der Waals surface area contributed by atoms with Crippen molar-refractivity contribution in [2.75, 3.05) is 16.4 Å². The van der Waals surface area contributed by atoms with Crippen LogP contribution in [0.3, 0.4) is 0 Å². The molecule has 5 aromatic rings. The molecule has 0 aliphatic carbocycles. The van der Waals surface area contributed by atoms with Crippen LogP contribution in [0.15, 0.2) is 91.6 Å². The van der Waals surface area contributed by atoms with Crippen molar-refractivity contribution in [3.05, 3.63) is 83.8 Å². The number of rotatable bonds is 9. The summed E-state index contributed by atoms with van der Waals surface area (Å²) in [5.41, 5.74) is 4.43. The molecule has 0 fully saturated rings. The Balaban J connectivity index is 0.00000300. The Labute approximate surface area is 359 Å². The second-order valence-corrected chi connectivity index (χ2v) is 13.9. The first-order chi connectivity index (χ1) is 22.3. The summed E-state index contributed by atoms with van der Waals surface area (Å²) in [6.45, 7) is 0. The van der Waals surface area contributed by atoms with Crippen LogP contribution in [0, 0.1) is 12.0 Å². The van der Waals surface area contributed by atoms with Gasteiger partial charge in [0, 0.05) is 22.1 Å². The predicted molar refractivity (Wildman–Crippen MR) is 163 cm³/mol. The van der Waals surface area contributed by atoms with E-state index in [0.717, 1.165) is 42.5 Å². The summed E-state index contributed by atoms with van der Waals surface area (Å²) in [7, 11) is -15.3. The Morgan fingerprint density at radius 1 is 0.686 bits per heavy atom. The molecule has 4 N–H and O–H groups in total. The molecule has 0 bridgehead atoms. The van der Waals surface area contributed by atoms with Crippen molar-refractivity contribution in [1.82, 2.24) is 9.97 Å². The van der Waals surface area contributed by atoms with Crippen LogP contribution < -0.4 is 105 Å². The third-order valence-electron chi connectivity index (χ3n) is 6.35. The van der Waals surface area contributed by atoms with Crippen molar-refractivity contribution in [3.8, 4) is 0 Å². The number of azo groups is 1. The molecule has 0 aliphatic rings. The van der Waals surface area contributed by atoms with Crippen LogP contribution in [-0.4, -0.2) is 48.9 Å². The van der Waals surface area contributed by atoms with Crippen molar-refractivity contribution >= 4 is 92.7 Å². The monoisotopic (exact) mass is 807 g/mol. The number of aromatic nitrogens is 2. The molecular weight excluding hydrogens is 793 g/mol. The van der Waals surface area contributed by atoms with Gasteiger partial charge in [-0.05, 0) is 48.5 Å². The first-order valence-corrected chi connectivity index (χ1v) is 17.2. The molecule has 250 valence electrons. The van der Waals surface area contributed by atoms with E-state index in [0.29, 0.717) is 0 Å². The van der Waals surface area contributed by atoms with Crippen molar-refractivity contribution in [2.24, 2.45) is 10.2 Å². The molecule has 0 radical (unpaired) electrons. The minimum absolute atomic E-state index is 0. The van der Waals surface area contributed by atoms with Crippen molar-refractivity contribution in [3.63, 3.8) is 0 Å². The fourth-order valence-corrected chi connectivity index (χ4v) is 6.37. The SMILES string of the molecule is Nc1ccc2c(S(=O)(=O)[O-])cccc2c1N=Nc1cc(Nc2cc(Nc3nc(F)nc(F)c3Cl)ccc2S(=O)(=O)[O-])ccc1S(=O)(=O)[O-].[Na+].[Na+].[Na+]. The van der Waals surface area contributed by atoms with Gasteiger partial charge in [0.1, 0.15) is 46.8 Å². The zero-order chi connectivity index (χ0) is 35.2. The predicted octanol–water partition coefficient (Wildman–Crippen LogP) is -4.23. The molecule has 25 heteroatoms. The van der Waals surface area contributed by atoms with Crippen LogP contribution >= 0.6 is 11.6 Å². The molecule has 4 aromatic carbocycles. The minimum atomic E-state index is -5.22. The van der Waals surface area contributed by atoms with E-state index in [9.17, 15) is 47.7 Å². The van der Waals surface area contributed by atoms with Crippen LogP contribution in [0.5, 0.6) is 0 Å². The minimum Gasteiger partial charge on any atom is -0.744 e. The number of benzene rings is 4. The van der Waals surface area contributed by atoms with Gasteiger partial charge in [-0.2, -0.15) is 18.7 Å². The smallest absolute Gasteiger partial charge is 0.744 e. The number of nitrogens with zero attached hydrogens (tertiary/aromatic N) is 4. The van der Waals surface area contributed by atoms with Gasteiger partial charge in [0.25, 0.3) is 0 Å². The van der Waals surface area contributed by atoms with Gasteiger partial charge in [-0.25, -0.2) is 25.3 Å². The maximum atomic E-state index is 13.8. The molecule has 0 unspecified atom stereocenters. The van der Waals surface area contributed by atoms with E-state index in [-0.39, 0.29) is 122 Å². The number of fused-ring (bicyclic) bond motifs is 1. The second kappa shape index (κ2) is 17.5. The number of halogens is 3. The summed E-state index contributed by atoms with van der Waals surface area (Å²) >= 11 is 5.77. The van der Waals surface area contributed by atoms with Gasteiger partial charge in [0.05, 0.1) is 26.1 Å². The van der Waals surface area contributed by atoms with Gasteiger partial charge in [-0.15, -0.1) is 10.2 Å². The van der Waals surface area contributed by atoms with Crippen LogP contribution in [0.4, 0.5) is 48.7 Å².